The molecule has 0 fully saturated rings. The first-order valence-electron chi connectivity index (χ1n) is 17.4. The van der Waals surface area contributed by atoms with Crippen LogP contribution in [0.1, 0.15) is 94.8 Å². The lowest BCUT2D eigenvalue weighted by Gasteiger charge is -2.19. The fraction of sp³-hybridized carbons (Fsp3) is 0.600. The Bertz CT molecular complexity index is 1380. The molecule has 2 atom stereocenters. The van der Waals surface area contributed by atoms with Crippen molar-refractivity contribution < 1.29 is 33.9 Å². The number of hydrogen-bond acceptors (Lipinski definition) is 10. The molecule has 2 rings (SSSR count). The Labute approximate surface area is 305 Å². The summed E-state index contributed by atoms with van der Waals surface area (Å²) in [5, 5.41) is 31.1. The highest BCUT2D eigenvalue weighted by molar-refractivity contribution is 7.98. The molecule has 284 valence electrons. The summed E-state index contributed by atoms with van der Waals surface area (Å²) in [5.74, 6) is -2.51. The quantitative estimate of drug-likeness (QED) is 0.0912. The van der Waals surface area contributed by atoms with E-state index in [9.17, 15) is 33.9 Å². The number of rotatable bonds is 23. The number of nitrogens with one attached hydrogen (secondary N) is 5. The third kappa shape index (κ3) is 20.2. The smallest absolute Gasteiger partial charge is 0.326 e. The zero-order valence-corrected chi connectivity index (χ0v) is 31.6. The van der Waals surface area contributed by atoms with E-state index in [2.05, 4.69) is 50.7 Å². The number of unbranched alkanes of at least 4 members (excludes halogenated alkanes) is 1. The van der Waals surface area contributed by atoms with Gasteiger partial charge in [-0.15, -0.1) is 5.10 Å². The number of nitrogens with zero attached hydrogens (tertiary/aromatic N) is 3. The first kappa shape index (κ1) is 44.7. The standard InChI is InChI=1S/C32H48N8O7S.C3H8/c1-21(2)34-17-23-8-10-24(11-9-23)30(44)37-26(14-16-48-4)31(45)35-18-29(43)36-27(32(46)47)7-5-6-15-33-28(42)13-12-25-20-40(39-38-25)19-22(3)41;1-3-2/h8-11,20-21,26-27,34H,5-7,12-19H2,1-4H3,(H,33,42)(H,35,45)(H,36,43)(H,37,44)(H,46,47);3H2,1-2H3. The summed E-state index contributed by atoms with van der Waals surface area (Å²) in [6.07, 6.45) is 6.68. The molecule has 0 aliphatic carbocycles. The van der Waals surface area contributed by atoms with E-state index in [0.717, 1.165) is 5.56 Å². The molecule has 2 aromatic rings. The number of aliphatic carboxylic acids is 1. The van der Waals surface area contributed by atoms with Crippen LogP contribution in [0.3, 0.4) is 0 Å². The number of benzene rings is 1. The van der Waals surface area contributed by atoms with E-state index in [0.29, 0.717) is 61.8 Å². The average Bonchev–Trinajstić information content (AvgIpc) is 3.53. The van der Waals surface area contributed by atoms with Crippen molar-refractivity contribution >= 4 is 47.1 Å². The van der Waals surface area contributed by atoms with Gasteiger partial charge in [-0.2, -0.15) is 11.8 Å². The van der Waals surface area contributed by atoms with Crippen LogP contribution >= 0.6 is 11.8 Å². The molecular formula is C35H56N8O7S. The summed E-state index contributed by atoms with van der Waals surface area (Å²) < 4.78 is 1.42. The lowest BCUT2D eigenvalue weighted by atomic mass is 10.1. The van der Waals surface area contributed by atoms with Gasteiger partial charge in [-0.3, -0.25) is 24.0 Å². The molecule has 0 aliphatic rings. The van der Waals surface area contributed by atoms with Crippen LogP contribution in [0.4, 0.5) is 0 Å². The number of Topliss-reactive ketones (excluding diaryl/α,β-unsaturated/α-hetero) is 1. The Balaban J connectivity index is 0.00000418. The molecule has 15 nitrogen and oxygen atoms in total. The molecular weight excluding hydrogens is 677 g/mol. The van der Waals surface area contributed by atoms with Gasteiger partial charge in [0, 0.05) is 43.7 Å². The van der Waals surface area contributed by atoms with Gasteiger partial charge < -0.3 is 31.7 Å². The third-order valence-corrected chi connectivity index (χ3v) is 7.68. The summed E-state index contributed by atoms with van der Waals surface area (Å²) in [6, 6.07) is 5.35. The fourth-order valence-corrected chi connectivity index (χ4v) is 4.90. The predicted molar refractivity (Wildman–Crippen MR) is 197 cm³/mol. The summed E-state index contributed by atoms with van der Waals surface area (Å²) in [4.78, 5) is 73.3. The van der Waals surface area contributed by atoms with Crippen molar-refractivity contribution in [3.05, 3.63) is 47.3 Å². The van der Waals surface area contributed by atoms with E-state index in [4.69, 9.17) is 0 Å². The van der Waals surface area contributed by atoms with Crippen LogP contribution in [-0.2, 0) is 43.5 Å². The number of thioether (sulfide) groups is 1. The molecule has 2 unspecified atom stereocenters. The monoisotopic (exact) mass is 732 g/mol. The largest absolute Gasteiger partial charge is 0.480 e. The Morgan fingerprint density at radius 1 is 0.922 bits per heavy atom. The summed E-state index contributed by atoms with van der Waals surface area (Å²) >= 11 is 1.51. The SMILES string of the molecule is CCC.CSCCC(NC(=O)c1ccc(CNC(C)C)cc1)C(=O)NCC(=O)NC(CCCCNC(=O)CCc1cn(CC(C)=O)nn1)C(=O)O. The number of aryl methyl sites for hydroxylation is 1. The maximum Gasteiger partial charge on any atom is 0.326 e. The van der Waals surface area contributed by atoms with Crippen LogP contribution in [0.2, 0.25) is 0 Å². The third-order valence-electron chi connectivity index (χ3n) is 7.04. The predicted octanol–water partition coefficient (Wildman–Crippen LogP) is 2.24. The van der Waals surface area contributed by atoms with Gasteiger partial charge in [0.1, 0.15) is 18.6 Å². The van der Waals surface area contributed by atoms with Crippen molar-refractivity contribution in [2.24, 2.45) is 0 Å². The van der Waals surface area contributed by atoms with Crippen LogP contribution in [0.15, 0.2) is 30.5 Å². The normalized spacial score (nSPS) is 11.8. The Morgan fingerprint density at radius 3 is 2.22 bits per heavy atom. The topological polar surface area (TPSA) is 214 Å². The van der Waals surface area contributed by atoms with Gasteiger partial charge in [-0.1, -0.05) is 51.5 Å². The zero-order chi connectivity index (χ0) is 38.2. The molecule has 16 heteroatoms. The number of amides is 4. The van der Waals surface area contributed by atoms with Crippen LogP contribution in [-0.4, -0.2) is 98.7 Å². The highest BCUT2D eigenvalue weighted by Gasteiger charge is 2.24. The van der Waals surface area contributed by atoms with Gasteiger partial charge >= 0.3 is 5.97 Å². The minimum Gasteiger partial charge on any atom is -0.480 e. The summed E-state index contributed by atoms with van der Waals surface area (Å²) in [6.45, 7) is 10.5. The lowest BCUT2D eigenvalue weighted by Crippen LogP contribution is -2.51. The van der Waals surface area contributed by atoms with Gasteiger partial charge in [0.05, 0.1) is 12.2 Å². The number of hydrogen-bond donors (Lipinski definition) is 6. The van der Waals surface area contributed by atoms with Crippen molar-refractivity contribution in [3.63, 3.8) is 0 Å². The number of carbonyl (C=O) groups is 6. The van der Waals surface area contributed by atoms with Crippen LogP contribution in [0, 0.1) is 0 Å². The number of ketones is 1. The fourth-order valence-electron chi connectivity index (χ4n) is 4.43. The van der Waals surface area contributed by atoms with Gasteiger partial charge in [-0.25, -0.2) is 9.48 Å². The Kier molecular flexibility index (Phi) is 22.5. The molecule has 0 aliphatic heterocycles. The van der Waals surface area contributed by atoms with E-state index in [1.54, 1.807) is 18.3 Å². The lowest BCUT2D eigenvalue weighted by molar-refractivity contribution is -0.142. The van der Waals surface area contributed by atoms with E-state index < -0.39 is 42.3 Å². The molecule has 0 bridgehead atoms. The Hall–Kier alpha value is -4.31. The molecule has 4 amide bonds. The molecule has 0 saturated carbocycles. The number of carbonyl (C=O) groups excluding carboxylic acids is 5. The summed E-state index contributed by atoms with van der Waals surface area (Å²) in [5.41, 5.74) is 2.02. The molecule has 0 saturated heterocycles. The summed E-state index contributed by atoms with van der Waals surface area (Å²) in [7, 11) is 0. The zero-order valence-electron chi connectivity index (χ0n) is 30.8. The molecule has 6 N–H and O–H groups in total. The highest BCUT2D eigenvalue weighted by Crippen LogP contribution is 2.08. The van der Waals surface area contributed by atoms with E-state index in [-0.39, 0.29) is 31.1 Å². The van der Waals surface area contributed by atoms with Gasteiger partial charge in [0.25, 0.3) is 5.91 Å². The van der Waals surface area contributed by atoms with Crippen molar-refractivity contribution in [1.29, 1.82) is 0 Å². The van der Waals surface area contributed by atoms with E-state index in [1.807, 2.05) is 32.2 Å². The molecule has 1 heterocycles. The molecule has 0 radical (unpaired) electrons. The average molecular weight is 733 g/mol. The van der Waals surface area contributed by atoms with Crippen LogP contribution in [0.25, 0.3) is 0 Å². The van der Waals surface area contributed by atoms with E-state index >= 15 is 0 Å². The number of carboxylic acid groups (broad SMARTS) is 1. The van der Waals surface area contributed by atoms with Crippen LogP contribution < -0.4 is 26.6 Å². The first-order chi connectivity index (χ1) is 24.3. The van der Waals surface area contributed by atoms with Crippen molar-refractivity contribution in [2.75, 3.05) is 25.1 Å². The first-order valence-corrected chi connectivity index (χ1v) is 18.8. The van der Waals surface area contributed by atoms with Crippen molar-refractivity contribution in [2.45, 2.75) is 111 Å². The van der Waals surface area contributed by atoms with Gasteiger partial charge in [0.2, 0.25) is 17.7 Å². The minimum atomic E-state index is -1.22. The van der Waals surface area contributed by atoms with E-state index in [1.165, 1.54) is 29.8 Å². The minimum absolute atomic E-state index is 0.0540. The second-order valence-corrected chi connectivity index (χ2v) is 13.4. The maximum absolute atomic E-state index is 12.9. The van der Waals surface area contributed by atoms with Gasteiger partial charge in [0.15, 0.2) is 5.78 Å². The highest BCUT2D eigenvalue weighted by atomic mass is 32.2. The van der Waals surface area contributed by atoms with Crippen molar-refractivity contribution in [3.8, 4) is 0 Å². The van der Waals surface area contributed by atoms with Crippen molar-refractivity contribution in [1.82, 2.24) is 41.6 Å². The molecule has 51 heavy (non-hydrogen) atoms. The second-order valence-electron chi connectivity index (χ2n) is 12.4. The van der Waals surface area contributed by atoms with Crippen LogP contribution in [0.5, 0.6) is 0 Å². The maximum atomic E-state index is 12.9. The number of aromatic nitrogens is 3. The molecule has 0 spiro atoms. The number of carboxylic acids is 1. The second kappa shape index (κ2) is 25.6. The van der Waals surface area contributed by atoms with Gasteiger partial charge in [-0.05, 0) is 62.3 Å². The molecule has 1 aromatic carbocycles. The Morgan fingerprint density at radius 2 is 1.61 bits per heavy atom. The molecule has 1 aromatic heterocycles.